The lowest BCUT2D eigenvalue weighted by atomic mass is 10.2. The molecule has 5 heteroatoms. The maximum atomic E-state index is 5.61. The highest BCUT2D eigenvalue weighted by atomic mass is 16.5. The molecule has 1 saturated heterocycles. The molecule has 5 nitrogen and oxygen atoms in total. The van der Waals surface area contributed by atoms with Crippen molar-refractivity contribution in [3.05, 3.63) is 12.4 Å². The van der Waals surface area contributed by atoms with Crippen molar-refractivity contribution in [3.8, 4) is 5.88 Å². The molecule has 94 valence electrons. The summed E-state index contributed by atoms with van der Waals surface area (Å²) >= 11 is 0. The van der Waals surface area contributed by atoms with E-state index in [1.807, 2.05) is 20.0 Å². The Morgan fingerprint density at radius 3 is 3.12 bits per heavy atom. The van der Waals surface area contributed by atoms with Crippen molar-refractivity contribution < 1.29 is 9.47 Å². The Morgan fingerprint density at radius 2 is 2.41 bits per heavy atom. The summed E-state index contributed by atoms with van der Waals surface area (Å²) in [6.45, 7) is 4.30. The molecule has 2 heterocycles. The van der Waals surface area contributed by atoms with Gasteiger partial charge in [-0.05, 0) is 19.8 Å². The van der Waals surface area contributed by atoms with Crippen molar-refractivity contribution in [2.24, 2.45) is 0 Å². The molecule has 0 spiro atoms. The van der Waals surface area contributed by atoms with Crippen LogP contribution in [0.15, 0.2) is 12.4 Å². The SMILES string of the molecule is CCOc1cc(N(C)CC2CCCO2)ncn1. The minimum absolute atomic E-state index is 0.325. The number of nitrogens with zero attached hydrogens (tertiary/aromatic N) is 3. The zero-order chi connectivity index (χ0) is 12.1. The van der Waals surface area contributed by atoms with E-state index in [2.05, 4.69) is 14.9 Å². The summed E-state index contributed by atoms with van der Waals surface area (Å²) in [5, 5.41) is 0. The average Bonchev–Trinajstić information content (AvgIpc) is 2.83. The number of likely N-dealkylation sites (N-methyl/N-ethyl adjacent to an activating group) is 1. The standard InChI is InChI=1S/C12H19N3O2/c1-3-16-12-7-11(13-9-14-12)15(2)8-10-5-4-6-17-10/h7,9-10H,3-6,8H2,1-2H3. The van der Waals surface area contributed by atoms with Crippen LogP contribution in [-0.2, 0) is 4.74 Å². The first kappa shape index (κ1) is 12.1. The Balaban J connectivity index is 1.97. The second kappa shape index (κ2) is 5.82. The van der Waals surface area contributed by atoms with E-state index >= 15 is 0 Å². The van der Waals surface area contributed by atoms with E-state index in [0.29, 0.717) is 18.6 Å². The number of rotatable bonds is 5. The number of aromatic nitrogens is 2. The van der Waals surface area contributed by atoms with E-state index < -0.39 is 0 Å². The average molecular weight is 237 g/mol. The Kier molecular flexibility index (Phi) is 4.14. The van der Waals surface area contributed by atoms with Gasteiger partial charge in [0.05, 0.1) is 12.7 Å². The van der Waals surface area contributed by atoms with Crippen LogP contribution in [0.2, 0.25) is 0 Å². The number of ether oxygens (including phenoxy) is 2. The van der Waals surface area contributed by atoms with Gasteiger partial charge in [-0.25, -0.2) is 9.97 Å². The molecular weight excluding hydrogens is 218 g/mol. The minimum atomic E-state index is 0.325. The molecule has 1 aromatic heterocycles. The van der Waals surface area contributed by atoms with Gasteiger partial charge < -0.3 is 14.4 Å². The van der Waals surface area contributed by atoms with Gasteiger partial charge in [0, 0.05) is 26.3 Å². The molecule has 1 aliphatic heterocycles. The van der Waals surface area contributed by atoms with Crippen molar-refractivity contribution >= 4 is 5.82 Å². The van der Waals surface area contributed by atoms with Gasteiger partial charge in [0.1, 0.15) is 12.1 Å². The second-order valence-corrected chi connectivity index (χ2v) is 4.16. The largest absolute Gasteiger partial charge is 0.478 e. The number of hydrogen-bond acceptors (Lipinski definition) is 5. The van der Waals surface area contributed by atoms with E-state index in [1.165, 1.54) is 6.33 Å². The quantitative estimate of drug-likeness (QED) is 0.776. The Bertz CT molecular complexity index is 353. The van der Waals surface area contributed by atoms with E-state index in [0.717, 1.165) is 31.8 Å². The first-order valence-corrected chi connectivity index (χ1v) is 6.07. The molecule has 1 unspecified atom stereocenters. The van der Waals surface area contributed by atoms with Gasteiger partial charge in [-0.2, -0.15) is 0 Å². The van der Waals surface area contributed by atoms with Gasteiger partial charge in [-0.3, -0.25) is 0 Å². The monoisotopic (exact) mass is 237 g/mol. The van der Waals surface area contributed by atoms with E-state index in [-0.39, 0.29) is 0 Å². The summed E-state index contributed by atoms with van der Waals surface area (Å²) in [5.74, 6) is 1.50. The highest BCUT2D eigenvalue weighted by Gasteiger charge is 2.18. The molecule has 1 aliphatic rings. The molecule has 0 radical (unpaired) electrons. The molecule has 0 amide bonds. The number of anilines is 1. The molecule has 1 aromatic rings. The maximum absolute atomic E-state index is 5.61. The van der Waals surface area contributed by atoms with Crippen LogP contribution in [0.4, 0.5) is 5.82 Å². The van der Waals surface area contributed by atoms with Crippen LogP contribution in [0.1, 0.15) is 19.8 Å². The molecule has 0 aromatic carbocycles. The third kappa shape index (κ3) is 3.30. The van der Waals surface area contributed by atoms with Crippen LogP contribution in [0.3, 0.4) is 0 Å². The van der Waals surface area contributed by atoms with Gasteiger partial charge in [0.15, 0.2) is 0 Å². The summed E-state index contributed by atoms with van der Waals surface area (Å²) in [6.07, 6.45) is 4.15. The van der Waals surface area contributed by atoms with Crippen LogP contribution in [0, 0.1) is 0 Å². The Labute approximate surface area is 102 Å². The summed E-state index contributed by atoms with van der Waals surface area (Å²) in [5.41, 5.74) is 0. The van der Waals surface area contributed by atoms with E-state index in [9.17, 15) is 0 Å². The third-order valence-electron chi connectivity index (χ3n) is 2.81. The Hall–Kier alpha value is -1.36. The fraction of sp³-hybridized carbons (Fsp3) is 0.667. The predicted octanol–water partition coefficient (Wildman–Crippen LogP) is 1.49. The summed E-state index contributed by atoms with van der Waals surface area (Å²) in [4.78, 5) is 10.4. The molecule has 17 heavy (non-hydrogen) atoms. The van der Waals surface area contributed by atoms with E-state index in [1.54, 1.807) is 0 Å². The minimum Gasteiger partial charge on any atom is -0.478 e. The summed E-state index contributed by atoms with van der Waals surface area (Å²) < 4.78 is 11.0. The normalized spacial score (nSPS) is 19.3. The molecule has 1 atom stereocenters. The van der Waals surface area contributed by atoms with Gasteiger partial charge in [0.25, 0.3) is 0 Å². The van der Waals surface area contributed by atoms with Gasteiger partial charge in [0.2, 0.25) is 5.88 Å². The molecule has 0 aliphatic carbocycles. The summed E-state index contributed by atoms with van der Waals surface area (Å²) in [7, 11) is 2.01. The second-order valence-electron chi connectivity index (χ2n) is 4.16. The van der Waals surface area contributed by atoms with Crippen molar-refractivity contribution in [2.75, 3.05) is 31.7 Å². The smallest absolute Gasteiger partial charge is 0.218 e. The predicted molar refractivity (Wildman–Crippen MR) is 65.4 cm³/mol. The van der Waals surface area contributed by atoms with Gasteiger partial charge >= 0.3 is 0 Å². The highest BCUT2D eigenvalue weighted by molar-refractivity contribution is 5.39. The lowest BCUT2D eigenvalue weighted by Crippen LogP contribution is -2.29. The topological polar surface area (TPSA) is 47.5 Å². The number of hydrogen-bond donors (Lipinski definition) is 0. The molecule has 0 N–H and O–H groups in total. The molecular formula is C12H19N3O2. The van der Waals surface area contributed by atoms with E-state index in [4.69, 9.17) is 9.47 Å². The van der Waals surface area contributed by atoms with Crippen LogP contribution in [-0.4, -0.2) is 42.9 Å². The fourth-order valence-corrected chi connectivity index (χ4v) is 1.95. The van der Waals surface area contributed by atoms with Crippen molar-refractivity contribution in [3.63, 3.8) is 0 Å². The van der Waals surface area contributed by atoms with Crippen molar-refractivity contribution in [1.82, 2.24) is 9.97 Å². The third-order valence-corrected chi connectivity index (χ3v) is 2.81. The zero-order valence-electron chi connectivity index (χ0n) is 10.4. The van der Waals surface area contributed by atoms with Crippen molar-refractivity contribution in [2.45, 2.75) is 25.9 Å². The molecule has 1 fully saturated rings. The van der Waals surface area contributed by atoms with Crippen molar-refractivity contribution in [1.29, 1.82) is 0 Å². The zero-order valence-corrected chi connectivity index (χ0v) is 10.4. The summed E-state index contributed by atoms with van der Waals surface area (Å²) in [6, 6.07) is 1.86. The van der Waals surface area contributed by atoms with Crippen LogP contribution in [0.5, 0.6) is 5.88 Å². The van der Waals surface area contributed by atoms with Gasteiger partial charge in [-0.1, -0.05) is 0 Å². The lowest BCUT2D eigenvalue weighted by molar-refractivity contribution is 0.116. The lowest BCUT2D eigenvalue weighted by Gasteiger charge is -2.21. The molecule has 0 bridgehead atoms. The maximum Gasteiger partial charge on any atom is 0.218 e. The van der Waals surface area contributed by atoms with Crippen LogP contribution >= 0.6 is 0 Å². The van der Waals surface area contributed by atoms with Crippen LogP contribution in [0.25, 0.3) is 0 Å². The first-order chi connectivity index (χ1) is 8.29. The van der Waals surface area contributed by atoms with Crippen LogP contribution < -0.4 is 9.64 Å². The highest BCUT2D eigenvalue weighted by Crippen LogP contribution is 2.18. The first-order valence-electron chi connectivity index (χ1n) is 6.07. The molecule has 0 saturated carbocycles. The Morgan fingerprint density at radius 1 is 1.53 bits per heavy atom. The molecule has 2 rings (SSSR count). The van der Waals surface area contributed by atoms with Gasteiger partial charge in [-0.15, -0.1) is 0 Å². The fourth-order valence-electron chi connectivity index (χ4n) is 1.95.